The van der Waals surface area contributed by atoms with Gasteiger partial charge in [-0.25, -0.2) is 4.39 Å². The zero-order valence-corrected chi connectivity index (χ0v) is 9.58. The zero-order valence-electron chi connectivity index (χ0n) is 8.83. The van der Waals surface area contributed by atoms with Crippen molar-refractivity contribution >= 4 is 17.5 Å². The van der Waals surface area contributed by atoms with E-state index in [1.165, 1.54) is 12.1 Å². The summed E-state index contributed by atoms with van der Waals surface area (Å²) in [4.78, 5) is 13.4. The van der Waals surface area contributed by atoms with E-state index in [-0.39, 0.29) is 23.6 Å². The van der Waals surface area contributed by atoms with E-state index in [1.54, 1.807) is 17.0 Å². The fourth-order valence-electron chi connectivity index (χ4n) is 2.17. The van der Waals surface area contributed by atoms with Gasteiger partial charge >= 0.3 is 0 Å². The predicted molar refractivity (Wildman–Crippen MR) is 60.8 cm³/mol. The number of carbonyl (C=O) groups excluding carboxylic acids is 1. The van der Waals surface area contributed by atoms with E-state index < -0.39 is 0 Å². The SMILES string of the molecule is O=C(CCl)N1CCCC1c1ccc(F)cc1. The number of benzene rings is 1. The van der Waals surface area contributed by atoms with Crippen LogP contribution in [0.3, 0.4) is 0 Å². The molecule has 1 aliphatic rings. The smallest absolute Gasteiger partial charge is 0.238 e. The second-order valence-corrected chi connectivity index (χ2v) is 4.20. The standard InChI is InChI=1S/C12H13ClFNO/c13-8-12(16)15-7-1-2-11(15)9-3-5-10(14)6-4-9/h3-6,11H,1-2,7-8H2. The lowest BCUT2D eigenvalue weighted by molar-refractivity contribution is -0.129. The molecule has 1 amide bonds. The number of rotatable bonds is 2. The molecular formula is C12H13ClFNO. The summed E-state index contributed by atoms with van der Waals surface area (Å²) in [6, 6.07) is 6.39. The first-order valence-corrected chi connectivity index (χ1v) is 5.86. The van der Waals surface area contributed by atoms with Crippen LogP contribution in [0.1, 0.15) is 24.4 Å². The molecule has 1 heterocycles. The lowest BCUT2D eigenvalue weighted by atomic mass is 10.0. The third kappa shape index (κ3) is 2.19. The third-order valence-electron chi connectivity index (χ3n) is 2.94. The number of hydrogen-bond donors (Lipinski definition) is 0. The van der Waals surface area contributed by atoms with E-state index in [1.807, 2.05) is 0 Å². The molecule has 0 saturated carbocycles. The Labute approximate surface area is 99.0 Å². The minimum atomic E-state index is -0.253. The highest BCUT2D eigenvalue weighted by atomic mass is 35.5. The van der Waals surface area contributed by atoms with Gasteiger partial charge in [0.15, 0.2) is 0 Å². The highest BCUT2D eigenvalue weighted by molar-refractivity contribution is 6.27. The van der Waals surface area contributed by atoms with Gasteiger partial charge in [-0.1, -0.05) is 12.1 Å². The van der Waals surface area contributed by atoms with Crippen molar-refractivity contribution in [2.75, 3.05) is 12.4 Å². The lowest BCUT2D eigenvalue weighted by Gasteiger charge is -2.24. The molecule has 1 unspecified atom stereocenters. The molecule has 86 valence electrons. The fourth-order valence-corrected chi connectivity index (χ4v) is 2.33. The Bertz CT molecular complexity index is 379. The van der Waals surface area contributed by atoms with Crippen LogP contribution in [-0.2, 0) is 4.79 Å². The van der Waals surface area contributed by atoms with Gasteiger partial charge < -0.3 is 4.90 Å². The maximum Gasteiger partial charge on any atom is 0.238 e. The van der Waals surface area contributed by atoms with Gasteiger partial charge in [-0.15, -0.1) is 11.6 Å². The Balaban J connectivity index is 2.19. The van der Waals surface area contributed by atoms with Crippen LogP contribution in [0.4, 0.5) is 4.39 Å². The summed E-state index contributed by atoms with van der Waals surface area (Å²) in [5.74, 6) is -0.289. The second kappa shape index (κ2) is 4.83. The predicted octanol–water partition coefficient (Wildman–Crippen LogP) is 2.73. The summed E-state index contributed by atoms with van der Waals surface area (Å²) in [5, 5.41) is 0. The van der Waals surface area contributed by atoms with E-state index in [0.717, 1.165) is 24.9 Å². The topological polar surface area (TPSA) is 20.3 Å². The monoisotopic (exact) mass is 241 g/mol. The van der Waals surface area contributed by atoms with Crippen molar-refractivity contribution in [2.45, 2.75) is 18.9 Å². The molecule has 0 bridgehead atoms. The van der Waals surface area contributed by atoms with Crippen molar-refractivity contribution in [3.05, 3.63) is 35.6 Å². The minimum absolute atomic E-state index is 0.0116. The zero-order chi connectivity index (χ0) is 11.5. The Kier molecular flexibility index (Phi) is 3.44. The number of alkyl halides is 1. The molecule has 1 atom stereocenters. The minimum Gasteiger partial charge on any atom is -0.335 e. The lowest BCUT2D eigenvalue weighted by Crippen LogP contribution is -2.31. The van der Waals surface area contributed by atoms with Gasteiger partial charge in [-0.3, -0.25) is 4.79 Å². The van der Waals surface area contributed by atoms with E-state index in [9.17, 15) is 9.18 Å². The molecule has 1 aliphatic heterocycles. The number of nitrogens with zero attached hydrogens (tertiary/aromatic N) is 1. The largest absolute Gasteiger partial charge is 0.335 e. The third-order valence-corrected chi connectivity index (χ3v) is 3.17. The molecule has 1 fully saturated rings. The Morgan fingerprint density at radius 3 is 2.75 bits per heavy atom. The van der Waals surface area contributed by atoms with Gasteiger partial charge in [-0.2, -0.15) is 0 Å². The van der Waals surface area contributed by atoms with Crippen molar-refractivity contribution < 1.29 is 9.18 Å². The summed E-state index contributed by atoms with van der Waals surface area (Å²) in [6.45, 7) is 0.744. The molecule has 0 spiro atoms. The van der Waals surface area contributed by atoms with Crippen molar-refractivity contribution in [3.63, 3.8) is 0 Å². The van der Waals surface area contributed by atoms with Crippen LogP contribution in [-0.4, -0.2) is 23.2 Å². The number of hydrogen-bond acceptors (Lipinski definition) is 1. The van der Waals surface area contributed by atoms with Crippen LogP contribution in [0, 0.1) is 5.82 Å². The summed E-state index contributed by atoms with van der Waals surface area (Å²) in [6.07, 6.45) is 1.90. The molecular weight excluding hydrogens is 229 g/mol. The van der Waals surface area contributed by atoms with E-state index >= 15 is 0 Å². The van der Waals surface area contributed by atoms with E-state index in [0.29, 0.717) is 0 Å². The molecule has 2 nitrogen and oxygen atoms in total. The highest BCUT2D eigenvalue weighted by Crippen LogP contribution is 2.31. The molecule has 1 aromatic carbocycles. The first kappa shape index (κ1) is 11.4. The summed E-state index contributed by atoms with van der Waals surface area (Å²) < 4.78 is 12.8. The summed E-state index contributed by atoms with van der Waals surface area (Å²) in [5.41, 5.74) is 0.984. The molecule has 0 radical (unpaired) electrons. The Morgan fingerprint density at radius 2 is 2.12 bits per heavy atom. The van der Waals surface area contributed by atoms with E-state index in [2.05, 4.69) is 0 Å². The number of halogens is 2. The molecule has 0 aromatic heterocycles. The highest BCUT2D eigenvalue weighted by Gasteiger charge is 2.29. The normalized spacial score (nSPS) is 20.1. The number of carbonyl (C=O) groups is 1. The molecule has 0 aliphatic carbocycles. The second-order valence-electron chi connectivity index (χ2n) is 3.93. The van der Waals surface area contributed by atoms with Gasteiger partial charge in [0.25, 0.3) is 0 Å². The average molecular weight is 242 g/mol. The maximum absolute atomic E-state index is 12.8. The van der Waals surface area contributed by atoms with Gasteiger partial charge in [0.05, 0.1) is 6.04 Å². The van der Waals surface area contributed by atoms with Crippen LogP contribution in [0.25, 0.3) is 0 Å². The summed E-state index contributed by atoms with van der Waals surface area (Å²) >= 11 is 5.56. The van der Waals surface area contributed by atoms with Gasteiger partial charge in [0, 0.05) is 6.54 Å². The molecule has 16 heavy (non-hydrogen) atoms. The quantitative estimate of drug-likeness (QED) is 0.729. The van der Waals surface area contributed by atoms with Crippen LogP contribution in [0.2, 0.25) is 0 Å². The Morgan fingerprint density at radius 1 is 1.44 bits per heavy atom. The molecule has 1 saturated heterocycles. The Hall–Kier alpha value is -1.09. The van der Waals surface area contributed by atoms with Crippen LogP contribution < -0.4 is 0 Å². The molecule has 2 rings (SSSR count). The fraction of sp³-hybridized carbons (Fsp3) is 0.417. The maximum atomic E-state index is 12.8. The van der Waals surface area contributed by atoms with Crippen molar-refractivity contribution in [3.8, 4) is 0 Å². The first-order valence-electron chi connectivity index (χ1n) is 5.33. The van der Waals surface area contributed by atoms with Crippen molar-refractivity contribution in [2.24, 2.45) is 0 Å². The van der Waals surface area contributed by atoms with Crippen LogP contribution in [0.15, 0.2) is 24.3 Å². The number of amides is 1. The van der Waals surface area contributed by atoms with Crippen LogP contribution in [0.5, 0.6) is 0 Å². The van der Waals surface area contributed by atoms with E-state index in [4.69, 9.17) is 11.6 Å². The van der Waals surface area contributed by atoms with Gasteiger partial charge in [-0.05, 0) is 30.5 Å². The molecule has 0 N–H and O–H groups in total. The average Bonchev–Trinajstić information content (AvgIpc) is 2.78. The molecule has 4 heteroatoms. The van der Waals surface area contributed by atoms with Crippen LogP contribution >= 0.6 is 11.6 Å². The molecule has 1 aromatic rings. The first-order chi connectivity index (χ1) is 7.72. The van der Waals surface area contributed by atoms with Gasteiger partial charge in [0.2, 0.25) is 5.91 Å². The van der Waals surface area contributed by atoms with Crippen molar-refractivity contribution in [1.29, 1.82) is 0 Å². The number of likely N-dealkylation sites (tertiary alicyclic amines) is 1. The summed E-state index contributed by atoms with van der Waals surface area (Å²) in [7, 11) is 0. The van der Waals surface area contributed by atoms with Gasteiger partial charge in [0.1, 0.15) is 11.7 Å². The van der Waals surface area contributed by atoms with Crippen molar-refractivity contribution in [1.82, 2.24) is 4.90 Å².